The number of rotatable bonds is 8. The van der Waals surface area contributed by atoms with Crippen molar-refractivity contribution in [3.63, 3.8) is 0 Å². The number of aromatic nitrogens is 5. The minimum absolute atomic E-state index is 0.0319. The van der Waals surface area contributed by atoms with Gasteiger partial charge in [-0.25, -0.2) is 13.1 Å². The molecule has 0 aliphatic carbocycles. The number of sulfone groups is 1. The van der Waals surface area contributed by atoms with E-state index >= 15 is 0 Å². The lowest BCUT2D eigenvalue weighted by Gasteiger charge is -2.07. The number of nitrogens with zero attached hydrogens (tertiary/aromatic N) is 5. The molecule has 2 heterocycles. The van der Waals surface area contributed by atoms with Gasteiger partial charge in [0.2, 0.25) is 5.91 Å². The minimum atomic E-state index is -3.60. The number of amides is 1. The van der Waals surface area contributed by atoms with Crippen LogP contribution in [0.2, 0.25) is 0 Å². The summed E-state index contributed by atoms with van der Waals surface area (Å²) in [6.45, 7) is 3.64. The lowest BCUT2D eigenvalue weighted by molar-refractivity contribution is -0.113. The molecule has 2 aromatic heterocycles. The molecule has 1 N–H and O–H groups in total. The first-order valence-electron chi connectivity index (χ1n) is 11.0. The number of carbonyl (C=O) groups is 1. The zero-order valence-corrected chi connectivity index (χ0v) is 21.9. The van der Waals surface area contributed by atoms with Gasteiger partial charge in [-0.15, -0.1) is 10.2 Å². The summed E-state index contributed by atoms with van der Waals surface area (Å²) in [5, 5.41) is 11.1. The fraction of sp³-hybridized carbons (Fsp3) is 0.250. The lowest BCUT2D eigenvalue weighted by Crippen LogP contribution is -2.23. The molecule has 0 aliphatic rings. The molecule has 0 saturated heterocycles. The van der Waals surface area contributed by atoms with Crippen molar-refractivity contribution in [1.82, 2.24) is 24.1 Å². The van der Waals surface area contributed by atoms with Crippen LogP contribution >= 0.6 is 11.8 Å². The first kappa shape index (κ1) is 25.5. The van der Waals surface area contributed by atoms with Crippen LogP contribution in [0.4, 0.5) is 5.69 Å². The molecule has 1 amide bonds. The molecule has 36 heavy (non-hydrogen) atoms. The highest BCUT2D eigenvalue weighted by molar-refractivity contribution is 7.99. The fourth-order valence-electron chi connectivity index (χ4n) is 3.61. The predicted molar refractivity (Wildman–Crippen MR) is 138 cm³/mol. The number of anilines is 1. The number of hydrogen-bond acceptors (Lipinski definition) is 7. The van der Waals surface area contributed by atoms with Gasteiger partial charge in [0.25, 0.3) is 5.56 Å². The van der Waals surface area contributed by atoms with Crippen LogP contribution in [0.5, 0.6) is 0 Å². The fourth-order valence-corrected chi connectivity index (χ4v) is 5.65. The maximum Gasteiger partial charge on any atom is 0.295 e. The SMILES string of the molecule is Cc1ccc(S(=O)(=O)Cc2nnc(SCC(=O)Nc3c(C)n(C)n(-c4ccccc4)c3=O)n2C)cc1. The largest absolute Gasteiger partial charge is 0.319 e. The van der Waals surface area contributed by atoms with Gasteiger partial charge in [-0.2, -0.15) is 0 Å². The maximum absolute atomic E-state index is 13.0. The van der Waals surface area contributed by atoms with Crippen LogP contribution in [0, 0.1) is 13.8 Å². The molecule has 0 unspecified atom stereocenters. The Bertz CT molecular complexity index is 1570. The molecular weight excluding hydrogens is 500 g/mol. The Balaban J connectivity index is 1.44. The first-order valence-corrected chi connectivity index (χ1v) is 13.7. The van der Waals surface area contributed by atoms with Gasteiger partial charge < -0.3 is 9.88 Å². The van der Waals surface area contributed by atoms with Gasteiger partial charge in [-0.1, -0.05) is 47.7 Å². The van der Waals surface area contributed by atoms with Gasteiger partial charge >= 0.3 is 0 Å². The van der Waals surface area contributed by atoms with Crippen LogP contribution in [-0.4, -0.2) is 44.2 Å². The predicted octanol–water partition coefficient (Wildman–Crippen LogP) is 2.63. The molecule has 0 aliphatic heterocycles. The van der Waals surface area contributed by atoms with Crippen molar-refractivity contribution in [2.24, 2.45) is 14.1 Å². The molecule has 0 spiro atoms. The molecule has 0 fully saturated rings. The molecule has 4 rings (SSSR count). The summed E-state index contributed by atoms with van der Waals surface area (Å²) in [5.41, 5.74) is 2.14. The Labute approximate surface area is 212 Å². The average molecular weight is 527 g/mol. The third-order valence-corrected chi connectivity index (χ3v) is 8.42. The number of thioether (sulfide) groups is 1. The number of carbonyl (C=O) groups excluding carboxylic acids is 1. The van der Waals surface area contributed by atoms with Crippen LogP contribution in [0.3, 0.4) is 0 Å². The summed E-state index contributed by atoms with van der Waals surface area (Å²) >= 11 is 1.10. The van der Waals surface area contributed by atoms with Crippen LogP contribution in [-0.2, 0) is 34.5 Å². The average Bonchev–Trinajstić information content (AvgIpc) is 3.29. The molecule has 0 radical (unpaired) electrons. The van der Waals surface area contributed by atoms with E-state index in [9.17, 15) is 18.0 Å². The zero-order valence-electron chi connectivity index (χ0n) is 20.3. The summed E-state index contributed by atoms with van der Waals surface area (Å²) in [6.07, 6.45) is 0. The van der Waals surface area contributed by atoms with E-state index in [0.29, 0.717) is 16.5 Å². The third-order valence-electron chi connectivity index (χ3n) is 5.78. The Morgan fingerprint density at radius 2 is 1.67 bits per heavy atom. The summed E-state index contributed by atoms with van der Waals surface area (Å²) in [7, 11) is -0.194. The Morgan fingerprint density at radius 1 is 1.00 bits per heavy atom. The lowest BCUT2D eigenvalue weighted by atomic mass is 10.2. The quantitative estimate of drug-likeness (QED) is 0.350. The number of para-hydroxylation sites is 1. The van der Waals surface area contributed by atoms with E-state index in [0.717, 1.165) is 17.3 Å². The van der Waals surface area contributed by atoms with Gasteiger partial charge in [-0.05, 0) is 38.1 Å². The highest BCUT2D eigenvalue weighted by Crippen LogP contribution is 2.21. The topological polar surface area (TPSA) is 121 Å². The highest BCUT2D eigenvalue weighted by atomic mass is 32.2. The third kappa shape index (κ3) is 5.14. The smallest absolute Gasteiger partial charge is 0.295 e. The van der Waals surface area contributed by atoms with Gasteiger partial charge in [0.15, 0.2) is 15.0 Å². The molecule has 4 aromatic rings. The second kappa shape index (κ2) is 10.2. The molecule has 2 aromatic carbocycles. The van der Waals surface area contributed by atoms with Gasteiger partial charge in [0, 0.05) is 14.1 Å². The standard InChI is InChI=1S/C24H26N6O4S2/c1-16-10-12-19(13-11-16)36(33,34)15-20-26-27-24(28(20)3)35-14-21(31)25-22-17(2)29(4)30(23(22)32)18-8-6-5-7-9-18/h5-13H,14-15H2,1-4H3,(H,25,31). The van der Waals surface area contributed by atoms with Gasteiger partial charge in [0.1, 0.15) is 17.3 Å². The molecule has 0 atom stereocenters. The van der Waals surface area contributed by atoms with Gasteiger partial charge in [0.05, 0.1) is 22.0 Å². The number of hydrogen-bond donors (Lipinski definition) is 1. The van der Waals surface area contributed by atoms with Crippen molar-refractivity contribution in [2.75, 3.05) is 11.1 Å². The van der Waals surface area contributed by atoms with E-state index < -0.39 is 9.84 Å². The van der Waals surface area contributed by atoms with E-state index in [1.54, 1.807) is 54.5 Å². The van der Waals surface area contributed by atoms with E-state index in [4.69, 9.17) is 0 Å². The van der Waals surface area contributed by atoms with Crippen molar-refractivity contribution in [2.45, 2.75) is 29.7 Å². The second-order valence-electron chi connectivity index (χ2n) is 8.30. The van der Waals surface area contributed by atoms with E-state index in [-0.39, 0.29) is 39.4 Å². The van der Waals surface area contributed by atoms with E-state index in [1.807, 2.05) is 37.3 Å². The van der Waals surface area contributed by atoms with Crippen molar-refractivity contribution in [1.29, 1.82) is 0 Å². The Kier molecular flexibility index (Phi) is 7.18. The summed E-state index contributed by atoms with van der Waals surface area (Å²) in [5.74, 6) is -0.462. The van der Waals surface area contributed by atoms with Crippen molar-refractivity contribution in [3.8, 4) is 5.69 Å². The van der Waals surface area contributed by atoms with Crippen molar-refractivity contribution >= 4 is 33.2 Å². The minimum Gasteiger partial charge on any atom is -0.319 e. The first-order chi connectivity index (χ1) is 17.1. The molecular formula is C24H26N6O4S2. The normalized spacial score (nSPS) is 11.6. The molecule has 0 saturated carbocycles. The molecule has 0 bridgehead atoms. The van der Waals surface area contributed by atoms with Crippen LogP contribution in [0.25, 0.3) is 5.69 Å². The maximum atomic E-state index is 13.0. The summed E-state index contributed by atoms with van der Waals surface area (Å²) < 4.78 is 30.2. The van der Waals surface area contributed by atoms with E-state index in [1.165, 1.54) is 4.68 Å². The molecule has 188 valence electrons. The molecule has 12 heteroatoms. The Hall–Kier alpha value is -3.64. The number of nitrogens with one attached hydrogen (secondary N) is 1. The summed E-state index contributed by atoms with van der Waals surface area (Å²) in [6, 6.07) is 15.8. The monoisotopic (exact) mass is 526 g/mol. The van der Waals surface area contributed by atoms with Crippen LogP contribution in [0.1, 0.15) is 17.1 Å². The number of aryl methyl sites for hydroxylation is 1. The van der Waals surface area contributed by atoms with Gasteiger partial charge in [-0.3, -0.25) is 14.3 Å². The summed E-state index contributed by atoms with van der Waals surface area (Å²) in [4.78, 5) is 25.9. The van der Waals surface area contributed by atoms with Crippen molar-refractivity contribution < 1.29 is 13.2 Å². The second-order valence-corrected chi connectivity index (χ2v) is 11.2. The van der Waals surface area contributed by atoms with Crippen LogP contribution in [0.15, 0.2) is 69.4 Å². The number of benzene rings is 2. The highest BCUT2D eigenvalue weighted by Gasteiger charge is 2.22. The zero-order chi connectivity index (χ0) is 26.0. The van der Waals surface area contributed by atoms with E-state index in [2.05, 4.69) is 15.5 Å². The Morgan fingerprint density at radius 3 is 2.33 bits per heavy atom. The van der Waals surface area contributed by atoms with Crippen molar-refractivity contribution in [3.05, 3.63) is 82.0 Å². The molecule has 10 nitrogen and oxygen atoms in total. The van der Waals surface area contributed by atoms with Crippen LogP contribution < -0.4 is 10.9 Å².